The summed E-state index contributed by atoms with van der Waals surface area (Å²) in [6.07, 6.45) is -4.24. The van der Waals surface area contributed by atoms with Gasteiger partial charge < -0.3 is 9.64 Å². The zero-order valence-electron chi connectivity index (χ0n) is 14.2. The molecule has 24 heavy (non-hydrogen) atoms. The summed E-state index contributed by atoms with van der Waals surface area (Å²) in [6, 6.07) is 7.15. The van der Waals surface area contributed by atoms with Crippen molar-refractivity contribution >= 4 is 5.91 Å². The van der Waals surface area contributed by atoms with Crippen molar-refractivity contribution in [2.45, 2.75) is 32.2 Å². The van der Waals surface area contributed by atoms with Crippen LogP contribution in [-0.2, 0) is 11.3 Å². The molecule has 1 heterocycles. The van der Waals surface area contributed by atoms with Crippen LogP contribution >= 0.6 is 0 Å². The molecule has 1 aliphatic rings. The molecule has 4 nitrogen and oxygen atoms in total. The second kappa shape index (κ2) is 7.11. The van der Waals surface area contributed by atoms with E-state index in [1.165, 1.54) is 4.90 Å². The summed E-state index contributed by atoms with van der Waals surface area (Å²) in [5.74, 6) is -0.164. The Bertz CT molecular complexity index is 587. The lowest BCUT2D eigenvalue weighted by atomic mass is 9.97. The van der Waals surface area contributed by atoms with Crippen molar-refractivity contribution < 1.29 is 22.7 Å². The van der Waals surface area contributed by atoms with Crippen LogP contribution in [0.3, 0.4) is 0 Å². The van der Waals surface area contributed by atoms with E-state index in [4.69, 9.17) is 4.74 Å². The van der Waals surface area contributed by atoms with Gasteiger partial charge in [-0.25, -0.2) is 0 Å². The first-order valence-electron chi connectivity index (χ1n) is 7.82. The molecule has 134 valence electrons. The highest BCUT2D eigenvalue weighted by Crippen LogP contribution is 2.27. The second-order valence-corrected chi connectivity index (χ2v) is 6.67. The topological polar surface area (TPSA) is 32.8 Å². The average Bonchev–Trinajstić information content (AvgIpc) is 2.48. The first-order chi connectivity index (χ1) is 11.1. The molecule has 1 fully saturated rings. The summed E-state index contributed by atoms with van der Waals surface area (Å²) in [6.45, 7) is 3.56. The smallest absolute Gasteiger partial charge is 0.380 e. The monoisotopic (exact) mass is 344 g/mol. The van der Waals surface area contributed by atoms with Crippen LogP contribution in [0.5, 0.6) is 0 Å². The Morgan fingerprint density at radius 2 is 1.92 bits per heavy atom. The van der Waals surface area contributed by atoms with Crippen LogP contribution < -0.4 is 0 Å². The molecule has 1 aliphatic heterocycles. The Hall–Kier alpha value is -1.60. The van der Waals surface area contributed by atoms with Crippen LogP contribution in [0.4, 0.5) is 13.2 Å². The number of alkyl halides is 3. The van der Waals surface area contributed by atoms with Gasteiger partial charge in [0.1, 0.15) is 0 Å². The van der Waals surface area contributed by atoms with Crippen LogP contribution in [0.1, 0.15) is 29.8 Å². The molecule has 7 heteroatoms. The quantitative estimate of drug-likeness (QED) is 0.842. The third kappa shape index (κ3) is 4.48. The van der Waals surface area contributed by atoms with Crippen molar-refractivity contribution in [1.82, 2.24) is 9.80 Å². The highest BCUT2D eigenvalue weighted by Gasteiger charge is 2.41. The summed E-state index contributed by atoms with van der Waals surface area (Å²) in [5.41, 5.74) is 0.583. The van der Waals surface area contributed by atoms with Gasteiger partial charge in [-0.05, 0) is 25.5 Å². The Kier molecular flexibility index (Phi) is 5.55. The minimum absolute atomic E-state index is 0.164. The van der Waals surface area contributed by atoms with Gasteiger partial charge in [-0.2, -0.15) is 13.2 Å². The van der Waals surface area contributed by atoms with E-state index in [2.05, 4.69) is 0 Å². The maximum atomic E-state index is 12.8. The zero-order chi connectivity index (χ0) is 18.0. The fraction of sp³-hybridized carbons (Fsp3) is 0.588. The van der Waals surface area contributed by atoms with Crippen molar-refractivity contribution in [3.8, 4) is 0 Å². The van der Waals surface area contributed by atoms with Crippen molar-refractivity contribution in [2.75, 3.05) is 33.3 Å². The number of hydrogen-bond acceptors (Lipinski definition) is 3. The molecule has 0 spiro atoms. The first-order valence-corrected chi connectivity index (χ1v) is 7.82. The minimum atomic E-state index is -4.24. The number of carbonyl (C=O) groups is 1. The predicted octanol–water partition coefficient (Wildman–Crippen LogP) is 2.93. The summed E-state index contributed by atoms with van der Waals surface area (Å²) in [7, 11) is 1.56. The Morgan fingerprint density at radius 1 is 1.25 bits per heavy atom. The maximum absolute atomic E-state index is 12.8. The fourth-order valence-electron chi connectivity index (χ4n) is 3.05. The van der Waals surface area contributed by atoms with E-state index in [0.29, 0.717) is 12.2 Å². The van der Waals surface area contributed by atoms with Gasteiger partial charge in [-0.15, -0.1) is 0 Å². The number of rotatable bonds is 4. The van der Waals surface area contributed by atoms with E-state index in [1.807, 2.05) is 12.1 Å². The largest absolute Gasteiger partial charge is 0.401 e. The predicted molar refractivity (Wildman–Crippen MR) is 84.8 cm³/mol. The van der Waals surface area contributed by atoms with Gasteiger partial charge >= 0.3 is 6.18 Å². The molecule has 0 bridgehead atoms. The summed E-state index contributed by atoms with van der Waals surface area (Å²) >= 11 is 0. The number of piperazine rings is 1. The van der Waals surface area contributed by atoms with Gasteiger partial charge in [-0.3, -0.25) is 9.69 Å². The summed E-state index contributed by atoms with van der Waals surface area (Å²) in [5, 5.41) is 0. The van der Waals surface area contributed by atoms with Crippen LogP contribution in [0.15, 0.2) is 24.3 Å². The highest BCUT2D eigenvalue weighted by molar-refractivity contribution is 5.95. The normalized spacial score (nSPS) is 18.7. The lowest BCUT2D eigenvalue weighted by Crippen LogP contribution is -2.62. The molecule has 1 aromatic carbocycles. The molecular weight excluding hydrogens is 321 g/mol. The molecule has 1 saturated heterocycles. The van der Waals surface area contributed by atoms with Crippen molar-refractivity contribution in [3.05, 3.63) is 35.4 Å². The van der Waals surface area contributed by atoms with Crippen molar-refractivity contribution in [1.29, 1.82) is 0 Å². The molecular formula is C17H23F3N2O2. The molecule has 0 saturated carbocycles. The summed E-state index contributed by atoms with van der Waals surface area (Å²) < 4.78 is 43.2. The van der Waals surface area contributed by atoms with Crippen LogP contribution in [0.25, 0.3) is 0 Å². The number of carbonyl (C=O) groups excluding carboxylic acids is 1. The summed E-state index contributed by atoms with van der Waals surface area (Å²) in [4.78, 5) is 15.8. The van der Waals surface area contributed by atoms with Crippen molar-refractivity contribution in [3.63, 3.8) is 0 Å². The number of amides is 1. The number of nitrogens with zero attached hydrogens (tertiary/aromatic N) is 2. The third-order valence-electron chi connectivity index (χ3n) is 4.28. The molecule has 1 aromatic rings. The van der Waals surface area contributed by atoms with E-state index < -0.39 is 18.3 Å². The van der Waals surface area contributed by atoms with E-state index in [1.54, 1.807) is 38.0 Å². The van der Waals surface area contributed by atoms with Gasteiger partial charge in [-0.1, -0.05) is 18.2 Å². The number of methoxy groups -OCH3 is 1. The minimum Gasteiger partial charge on any atom is -0.380 e. The highest BCUT2D eigenvalue weighted by atomic mass is 19.4. The molecule has 1 amide bonds. The van der Waals surface area contributed by atoms with Gasteiger partial charge in [0.25, 0.3) is 5.91 Å². The lowest BCUT2D eigenvalue weighted by Gasteiger charge is -2.47. The number of ether oxygens (including phenoxy) is 1. The molecule has 2 rings (SSSR count). The Labute approximate surface area is 140 Å². The van der Waals surface area contributed by atoms with E-state index in [-0.39, 0.29) is 25.5 Å². The lowest BCUT2D eigenvalue weighted by molar-refractivity contribution is -0.163. The van der Waals surface area contributed by atoms with Gasteiger partial charge in [0.15, 0.2) is 0 Å². The van der Waals surface area contributed by atoms with Crippen LogP contribution in [-0.4, -0.2) is 60.7 Å². The van der Waals surface area contributed by atoms with Crippen LogP contribution in [0.2, 0.25) is 0 Å². The van der Waals surface area contributed by atoms with Crippen LogP contribution in [0, 0.1) is 0 Å². The standard InChI is InChI=1S/C17H23F3N2O2/c1-16(2)11-21(8-9-22(16)12-17(18,19)20)15(23)14-7-5-4-6-13(14)10-24-3/h4-7H,8-12H2,1-3H3. The fourth-order valence-corrected chi connectivity index (χ4v) is 3.05. The molecule has 0 N–H and O–H groups in total. The first kappa shape index (κ1) is 18.7. The van der Waals surface area contributed by atoms with E-state index >= 15 is 0 Å². The van der Waals surface area contributed by atoms with Gasteiger partial charge in [0, 0.05) is 37.8 Å². The van der Waals surface area contributed by atoms with Gasteiger partial charge in [0.05, 0.1) is 13.2 Å². The molecule has 0 aliphatic carbocycles. The maximum Gasteiger partial charge on any atom is 0.401 e. The SMILES string of the molecule is COCc1ccccc1C(=O)N1CCN(CC(F)(F)F)C(C)(C)C1. The molecule has 0 atom stereocenters. The zero-order valence-corrected chi connectivity index (χ0v) is 14.2. The van der Waals surface area contributed by atoms with E-state index in [9.17, 15) is 18.0 Å². The average molecular weight is 344 g/mol. The number of hydrogen-bond donors (Lipinski definition) is 0. The molecule has 0 aromatic heterocycles. The molecule has 0 radical (unpaired) electrons. The number of benzene rings is 1. The van der Waals surface area contributed by atoms with Gasteiger partial charge in [0.2, 0.25) is 0 Å². The van der Waals surface area contributed by atoms with E-state index in [0.717, 1.165) is 5.56 Å². The Morgan fingerprint density at radius 3 is 2.50 bits per heavy atom. The third-order valence-corrected chi connectivity index (χ3v) is 4.28. The number of halogens is 3. The molecule has 0 unspecified atom stereocenters. The second-order valence-electron chi connectivity index (χ2n) is 6.67. The van der Waals surface area contributed by atoms with Crippen molar-refractivity contribution in [2.24, 2.45) is 0 Å². The Balaban J connectivity index is 2.14.